The normalized spacial score (nSPS) is 17.7. The van der Waals surface area contributed by atoms with E-state index in [4.69, 9.17) is 9.84 Å². The first-order valence-electron chi connectivity index (χ1n) is 7.34. The van der Waals surface area contributed by atoms with Crippen LogP contribution in [0.3, 0.4) is 0 Å². The monoisotopic (exact) mass is 293 g/mol. The van der Waals surface area contributed by atoms with Crippen molar-refractivity contribution >= 4 is 11.8 Å². The zero-order chi connectivity index (χ0) is 15.2. The lowest BCUT2D eigenvalue weighted by atomic mass is 10.0. The Hall–Kier alpha value is -1.66. The minimum absolute atomic E-state index is 0.0625. The third-order valence-corrected chi connectivity index (χ3v) is 3.74. The van der Waals surface area contributed by atoms with Crippen molar-refractivity contribution in [3.8, 4) is 0 Å². The van der Waals surface area contributed by atoms with Crippen LogP contribution in [-0.4, -0.2) is 59.8 Å². The predicted octanol–water partition coefficient (Wildman–Crippen LogP) is 1.55. The van der Waals surface area contributed by atoms with E-state index >= 15 is 0 Å². The molecule has 0 aromatic carbocycles. The highest BCUT2D eigenvalue weighted by Gasteiger charge is 2.23. The SMILES string of the molecule is CC(C)C(CNc1cccc(C(=O)O)n1)N1CCOCC1. The Morgan fingerprint density at radius 1 is 1.43 bits per heavy atom. The van der Waals surface area contributed by atoms with Gasteiger partial charge in [-0.1, -0.05) is 19.9 Å². The summed E-state index contributed by atoms with van der Waals surface area (Å²) in [6.45, 7) is 8.56. The van der Waals surface area contributed by atoms with E-state index in [1.54, 1.807) is 12.1 Å². The van der Waals surface area contributed by atoms with E-state index < -0.39 is 5.97 Å². The lowest BCUT2D eigenvalue weighted by Gasteiger charge is -2.37. The number of morpholine rings is 1. The van der Waals surface area contributed by atoms with Gasteiger partial charge in [-0.2, -0.15) is 0 Å². The summed E-state index contributed by atoms with van der Waals surface area (Å²) in [7, 11) is 0. The maximum atomic E-state index is 10.9. The van der Waals surface area contributed by atoms with Crippen LogP contribution in [0.5, 0.6) is 0 Å². The molecule has 2 N–H and O–H groups in total. The van der Waals surface area contributed by atoms with Crippen LogP contribution < -0.4 is 5.32 Å². The molecular formula is C15H23N3O3. The van der Waals surface area contributed by atoms with Gasteiger partial charge in [-0.3, -0.25) is 4.90 Å². The highest BCUT2D eigenvalue weighted by atomic mass is 16.5. The number of ether oxygens (including phenoxy) is 1. The zero-order valence-corrected chi connectivity index (χ0v) is 12.6. The van der Waals surface area contributed by atoms with Crippen molar-refractivity contribution in [2.24, 2.45) is 5.92 Å². The van der Waals surface area contributed by atoms with Gasteiger partial charge in [0.15, 0.2) is 5.69 Å². The predicted molar refractivity (Wildman–Crippen MR) is 80.7 cm³/mol. The lowest BCUT2D eigenvalue weighted by molar-refractivity contribution is 0.00953. The van der Waals surface area contributed by atoms with Gasteiger partial charge in [0, 0.05) is 25.7 Å². The smallest absolute Gasteiger partial charge is 0.354 e. The molecular weight excluding hydrogens is 270 g/mol. The van der Waals surface area contributed by atoms with Gasteiger partial charge in [0.2, 0.25) is 0 Å². The number of hydrogen-bond acceptors (Lipinski definition) is 5. The van der Waals surface area contributed by atoms with Gasteiger partial charge in [0.25, 0.3) is 0 Å². The standard InChI is InChI=1S/C15H23N3O3/c1-11(2)13(18-6-8-21-9-7-18)10-16-14-5-3-4-12(17-14)15(19)20/h3-5,11,13H,6-10H2,1-2H3,(H,16,17)(H,19,20). The molecule has 0 amide bonds. The molecule has 2 rings (SSSR count). The maximum absolute atomic E-state index is 10.9. The van der Waals surface area contributed by atoms with Crippen molar-refractivity contribution in [3.63, 3.8) is 0 Å². The van der Waals surface area contributed by atoms with Gasteiger partial charge in [-0.15, -0.1) is 0 Å². The Balaban J connectivity index is 1.98. The fourth-order valence-corrected chi connectivity index (χ4v) is 2.56. The van der Waals surface area contributed by atoms with E-state index in [0.29, 0.717) is 17.8 Å². The summed E-state index contributed by atoms with van der Waals surface area (Å²) in [5.41, 5.74) is 0.0625. The molecule has 6 heteroatoms. The molecule has 0 spiro atoms. The average molecular weight is 293 g/mol. The summed E-state index contributed by atoms with van der Waals surface area (Å²) in [6.07, 6.45) is 0. The number of rotatable bonds is 6. The van der Waals surface area contributed by atoms with Crippen molar-refractivity contribution in [2.45, 2.75) is 19.9 Å². The van der Waals surface area contributed by atoms with Crippen molar-refractivity contribution in [1.29, 1.82) is 0 Å². The van der Waals surface area contributed by atoms with Gasteiger partial charge in [-0.25, -0.2) is 9.78 Å². The van der Waals surface area contributed by atoms with Crippen LogP contribution in [0, 0.1) is 5.92 Å². The number of nitrogens with zero attached hydrogens (tertiary/aromatic N) is 2. The second kappa shape index (κ2) is 7.38. The number of carboxylic acid groups (broad SMARTS) is 1. The summed E-state index contributed by atoms with van der Waals surface area (Å²) in [6, 6.07) is 5.38. The summed E-state index contributed by atoms with van der Waals surface area (Å²) in [4.78, 5) is 17.4. The van der Waals surface area contributed by atoms with Crippen LogP contribution in [0.25, 0.3) is 0 Å². The van der Waals surface area contributed by atoms with Gasteiger partial charge >= 0.3 is 5.97 Å². The van der Waals surface area contributed by atoms with Crippen molar-refractivity contribution < 1.29 is 14.6 Å². The first-order valence-corrected chi connectivity index (χ1v) is 7.34. The van der Waals surface area contributed by atoms with E-state index in [1.807, 2.05) is 0 Å². The molecule has 1 saturated heterocycles. The van der Waals surface area contributed by atoms with E-state index in [0.717, 1.165) is 32.8 Å². The molecule has 0 bridgehead atoms. The van der Waals surface area contributed by atoms with Crippen LogP contribution >= 0.6 is 0 Å². The lowest BCUT2D eigenvalue weighted by Crippen LogP contribution is -2.49. The number of carbonyl (C=O) groups is 1. The molecule has 2 heterocycles. The van der Waals surface area contributed by atoms with Crippen molar-refractivity contribution in [2.75, 3.05) is 38.2 Å². The Bertz CT molecular complexity index is 473. The van der Waals surface area contributed by atoms with E-state index in [-0.39, 0.29) is 5.69 Å². The zero-order valence-electron chi connectivity index (χ0n) is 12.6. The second-order valence-corrected chi connectivity index (χ2v) is 5.55. The van der Waals surface area contributed by atoms with E-state index in [2.05, 4.69) is 29.0 Å². The van der Waals surface area contributed by atoms with Crippen molar-refractivity contribution in [1.82, 2.24) is 9.88 Å². The molecule has 21 heavy (non-hydrogen) atoms. The van der Waals surface area contributed by atoms with Crippen LogP contribution in [0.15, 0.2) is 18.2 Å². The van der Waals surface area contributed by atoms with E-state index in [1.165, 1.54) is 6.07 Å². The largest absolute Gasteiger partial charge is 0.477 e. The highest BCUT2D eigenvalue weighted by Crippen LogP contribution is 2.14. The summed E-state index contributed by atoms with van der Waals surface area (Å²) in [5.74, 6) is 0.0966. The molecule has 0 aliphatic carbocycles. The summed E-state index contributed by atoms with van der Waals surface area (Å²) in [5, 5.41) is 12.2. The molecule has 1 aromatic rings. The van der Waals surface area contributed by atoms with Gasteiger partial charge in [0.1, 0.15) is 5.82 Å². The third kappa shape index (κ3) is 4.41. The number of pyridine rings is 1. The fraction of sp³-hybridized carbons (Fsp3) is 0.600. The van der Waals surface area contributed by atoms with Crippen molar-refractivity contribution in [3.05, 3.63) is 23.9 Å². The fourth-order valence-electron chi connectivity index (χ4n) is 2.56. The quantitative estimate of drug-likeness (QED) is 0.829. The number of hydrogen-bond donors (Lipinski definition) is 2. The molecule has 1 aliphatic heterocycles. The highest BCUT2D eigenvalue weighted by molar-refractivity contribution is 5.85. The molecule has 116 valence electrons. The first-order chi connectivity index (χ1) is 10.1. The van der Waals surface area contributed by atoms with Crippen LogP contribution in [0.4, 0.5) is 5.82 Å². The molecule has 1 aromatic heterocycles. The topological polar surface area (TPSA) is 74.7 Å². The third-order valence-electron chi connectivity index (χ3n) is 3.74. The number of aromatic carboxylic acids is 1. The van der Waals surface area contributed by atoms with Gasteiger partial charge in [0.05, 0.1) is 13.2 Å². The Morgan fingerprint density at radius 2 is 2.14 bits per heavy atom. The van der Waals surface area contributed by atoms with Crippen LogP contribution in [0.2, 0.25) is 0 Å². The number of carboxylic acids is 1. The summed E-state index contributed by atoms with van der Waals surface area (Å²) >= 11 is 0. The Kier molecular flexibility index (Phi) is 5.52. The van der Waals surface area contributed by atoms with Crippen LogP contribution in [-0.2, 0) is 4.74 Å². The molecule has 1 fully saturated rings. The van der Waals surface area contributed by atoms with Gasteiger partial charge < -0.3 is 15.2 Å². The van der Waals surface area contributed by atoms with Crippen LogP contribution in [0.1, 0.15) is 24.3 Å². The molecule has 1 aliphatic rings. The summed E-state index contributed by atoms with van der Waals surface area (Å²) < 4.78 is 5.39. The number of aromatic nitrogens is 1. The maximum Gasteiger partial charge on any atom is 0.354 e. The first kappa shape index (κ1) is 15.7. The Morgan fingerprint density at radius 3 is 2.76 bits per heavy atom. The van der Waals surface area contributed by atoms with E-state index in [9.17, 15) is 4.79 Å². The number of nitrogens with one attached hydrogen (secondary N) is 1. The molecule has 0 radical (unpaired) electrons. The second-order valence-electron chi connectivity index (χ2n) is 5.55. The minimum atomic E-state index is -1.01. The Labute approximate surface area is 125 Å². The molecule has 1 unspecified atom stereocenters. The number of anilines is 1. The molecule has 6 nitrogen and oxygen atoms in total. The van der Waals surface area contributed by atoms with Gasteiger partial charge in [-0.05, 0) is 18.1 Å². The molecule has 1 atom stereocenters. The average Bonchev–Trinajstić information content (AvgIpc) is 2.48. The molecule has 0 saturated carbocycles. The minimum Gasteiger partial charge on any atom is -0.477 e.